The van der Waals surface area contributed by atoms with E-state index in [1.807, 2.05) is 0 Å². The summed E-state index contributed by atoms with van der Waals surface area (Å²) in [6.45, 7) is 13.2. The molecule has 2 fully saturated rings. The molecule has 0 saturated carbocycles. The molecular weight excluding hydrogens is 355 g/mol. The van der Waals surface area contributed by atoms with Crippen LogP contribution < -0.4 is 5.32 Å². The first-order chi connectivity index (χ1) is 11.1. The van der Waals surface area contributed by atoms with Crippen molar-refractivity contribution in [1.82, 2.24) is 10.2 Å². The van der Waals surface area contributed by atoms with Gasteiger partial charge in [0.25, 0.3) is 0 Å². The van der Waals surface area contributed by atoms with Crippen LogP contribution in [0.4, 0.5) is 0 Å². The summed E-state index contributed by atoms with van der Waals surface area (Å²) in [5.74, 6) is 0.724. The molecule has 0 radical (unpaired) electrons. The Bertz CT molecular complexity index is 471. The summed E-state index contributed by atoms with van der Waals surface area (Å²) in [6, 6.07) is 9.98. The Morgan fingerprint density at radius 2 is 1.56 bits per heavy atom. The molecule has 1 aromatic carbocycles. The fourth-order valence-electron chi connectivity index (χ4n) is 3.95. The monoisotopic (exact) mass is 388 g/mol. The first-order valence-corrected chi connectivity index (χ1v) is 9.18. The van der Waals surface area contributed by atoms with Crippen molar-refractivity contribution >= 4 is 24.8 Å². The second kappa shape index (κ2) is 10.1. The average molecular weight is 389 g/mol. The van der Waals surface area contributed by atoms with Gasteiger partial charge in [0.05, 0.1) is 0 Å². The van der Waals surface area contributed by atoms with Crippen LogP contribution in [-0.2, 0) is 10.2 Å². The average Bonchev–Trinajstić information content (AvgIpc) is 2.57. The fraction of sp³-hybridized carbons (Fsp3) is 0.700. The molecule has 3 rings (SSSR count). The van der Waals surface area contributed by atoms with Gasteiger partial charge < -0.3 is 10.1 Å². The molecule has 5 heteroatoms. The van der Waals surface area contributed by atoms with Crippen LogP contribution >= 0.6 is 24.8 Å². The minimum absolute atomic E-state index is 0. The predicted molar refractivity (Wildman–Crippen MR) is 110 cm³/mol. The van der Waals surface area contributed by atoms with E-state index in [0.717, 1.165) is 45.3 Å². The van der Waals surface area contributed by atoms with Gasteiger partial charge in [-0.1, -0.05) is 45.0 Å². The molecule has 2 aliphatic heterocycles. The summed E-state index contributed by atoms with van der Waals surface area (Å²) in [6.07, 6.45) is 2.38. The minimum Gasteiger partial charge on any atom is -0.381 e. The van der Waals surface area contributed by atoms with Gasteiger partial charge in [0.1, 0.15) is 0 Å². The number of halogens is 2. The van der Waals surface area contributed by atoms with E-state index in [2.05, 4.69) is 55.3 Å². The molecule has 0 spiro atoms. The molecule has 0 bridgehead atoms. The first kappa shape index (κ1) is 22.7. The fourth-order valence-corrected chi connectivity index (χ4v) is 3.95. The molecule has 0 aromatic heterocycles. The van der Waals surface area contributed by atoms with E-state index >= 15 is 0 Å². The maximum absolute atomic E-state index is 5.61. The zero-order chi connectivity index (χ0) is 16.3. The Kier molecular flexibility index (Phi) is 9.20. The molecule has 2 aliphatic rings. The summed E-state index contributed by atoms with van der Waals surface area (Å²) in [4.78, 5) is 2.69. The topological polar surface area (TPSA) is 24.5 Å². The molecule has 0 aliphatic carbocycles. The predicted octanol–water partition coefficient (Wildman–Crippen LogP) is 4.20. The van der Waals surface area contributed by atoms with Crippen LogP contribution in [0.15, 0.2) is 24.3 Å². The number of ether oxygens (including phenoxy) is 1. The summed E-state index contributed by atoms with van der Waals surface area (Å²) in [5.41, 5.74) is 3.14. The second-order valence-corrected chi connectivity index (χ2v) is 8.05. The molecule has 2 heterocycles. The van der Waals surface area contributed by atoms with Gasteiger partial charge in [-0.25, -0.2) is 0 Å². The lowest BCUT2D eigenvalue weighted by Gasteiger charge is -2.41. The van der Waals surface area contributed by atoms with Crippen molar-refractivity contribution < 1.29 is 4.74 Å². The number of piperazine rings is 1. The van der Waals surface area contributed by atoms with Gasteiger partial charge in [0.2, 0.25) is 0 Å². The van der Waals surface area contributed by atoms with Gasteiger partial charge in [0, 0.05) is 45.4 Å². The highest BCUT2D eigenvalue weighted by molar-refractivity contribution is 5.85. The number of benzene rings is 1. The largest absolute Gasteiger partial charge is 0.381 e. The van der Waals surface area contributed by atoms with Crippen molar-refractivity contribution in [1.29, 1.82) is 0 Å². The summed E-state index contributed by atoms with van der Waals surface area (Å²) in [5, 5.41) is 3.49. The van der Waals surface area contributed by atoms with Crippen molar-refractivity contribution in [3.63, 3.8) is 0 Å². The number of hydrogen-bond donors (Lipinski definition) is 1. The zero-order valence-electron chi connectivity index (χ0n) is 15.8. The van der Waals surface area contributed by atoms with Gasteiger partial charge in [-0.2, -0.15) is 0 Å². The van der Waals surface area contributed by atoms with Gasteiger partial charge >= 0.3 is 0 Å². The molecule has 25 heavy (non-hydrogen) atoms. The SMILES string of the molecule is CC(C)(C)c1ccc([C@H](C2CCOCC2)N2CCNCC2)cc1.Cl.Cl. The van der Waals surface area contributed by atoms with Crippen LogP contribution in [0, 0.1) is 5.92 Å². The lowest BCUT2D eigenvalue weighted by atomic mass is 9.82. The van der Waals surface area contributed by atoms with E-state index in [1.165, 1.54) is 24.0 Å². The van der Waals surface area contributed by atoms with Crippen molar-refractivity contribution in [2.75, 3.05) is 39.4 Å². The van der Waals surface area contributed by atoms with Crippen molar-refractivity contribution in [3.8, 4) is 0 Å². The molecule has 1 aromatic rings. The third-order valence-electron chi connectivity index (χ3n) is 5.38. The van der Waals surface area contributed by atoms with E-state index in [1.54, 1.807) is 0 Å². The van der Waals surface area contributed by atoms with E-state index in [4.69, 9.17) is 4.74 Å². The standard InChI is InChI=1S/C20H32N2O.2ClH/c1-20(2,3)18-6-4-16(5-7-18)19(17-8-14-23-15-9-17)22-12-10-21-11-13-22;;/h4-7,17,19,21H,8-15H2,1-3H3;2*1H/t19-;;/m1../s1. The van der Waals surface area contributed by atoms with Gasteiger partial charge in [0.15, 0.2) is 0 Å². The van der Waals surface area contributed by atoms with Crippen LogP contribution in [0.25, 0.3) is 0 Å². The number of nitrogens with one attached hydrogen (secondary N) is 1. The number of nitrogens with zero attached hydrogens (tertiary/aromatic N) is 1. The van der Waals surface area contributed by atoms with E-state index in [-0.39, 0.29) is 30.2 Å². The molecule has 0 unspecified atom stereocenters. The smallest absolute Gasteiger partial charge is 0.0469 e. The molecule has 1 atom stereocenters. The van der Waals surface area contributed by atoms with Crippen molar-refractivity contribution in [2.24, 2.45) is 5.92 Å². The third kappa shape index (κ3) is 5.83. The zero-order valence-corrected chi connectivity index (χ0v) is 17.4. The maximum atomic E-state index is 5.61. The quantitative estimate of drug-likeness (QED) is 0.839. The van der Waals surface area contributed by atoms with Gasteiger partial charge in [-0.05, 0) is 35.3 Å². The van der Waals surface area contributed by atoms with E-state index in [9.17, 15) is 0 Å². The normalized spacial score (nSPS) is 21.1. The second-order valence-electron chi connectivity index (χ2n) is 8.05. The Labute approximate surface area is 165 Å². The molecular formula is C20H34Cl2N2O. The third-order valence-corrected chi connectivity index (χ3v) is 5.38. The van der Waals surface area contributed by atoms with E-state index in [0.29, 0.717) is 6.04 Å². The lowest BCUT2D eigenvalue weighted by molar-refractivity contribution is 0.0213. The Balaban J connectivity index is 0.00000156. The van der Waals surface area contributed by atoms with Crippen LogP contribution in [0.1, 0.15) is 50.8 Å². The highest BCUT2D eigenvalue weighted by Gasteiger charge is 2.31. The Morgan fingerprint density at radius 3 is 2.08 bits per heavy atom. The van der Waals surface area contributed by atoms with Gasteiger partial charge in [-0.3, -0.25) is 4.90 Å². The molecule has 0 amide bonds. The van der Waals surface area contributed by atoms with Crippen LogP contribution in [-0.4, -0.2) is 44.3 Å². The highest BCUT2D eigenvalue weighted by Crippen LogP contribution is 2.36. The van der Waals surface area contributed by atoms with Crippen molar-refractivity contribution in [3.05, 3.63) is 35.4 Å². The van der Waals surface area contributed by atoms with E-state index < -0.39 is 0 Å². The number of hydrogen-bond acceptors (Lipinski definition) is 3. The van der Waals surface area contributed by atoms with Crippen molar-refractivity contribution in [2.45, 2.75) is 45.1 Å². The molecule has 3 nitrogen and oxygen atoms in total. The summed E-state index contributed by atoms with van der Waals surface area (Å²) >= 11 is 0. The molecule has 2 saturated heterocycles. The summed E-state index contributed by atoms with van der Waals surface area (Å²) < 4.78 is 5.61. The lowest BCUT2D eigenvalue weighted by Crippen LogP contribution is -2.47. The van der Waals surface area contributed by atoms with Gasteiger partial charge in [-0.15, -0.1) is 24.8 Å². The summed E-state index contributed by atoms with van der Waals surface area (Å²) in [7, 11) is 0. The molecule has 144 valence electrons. The Morgan fingerprint density at radius 1 is 1.00 bits per heavy atom. The Hall–Kier alpha value is -0.320. The number of rotatable bonds is 3. The first-order valence-electron chi connectivity index (χ1n) is 9.18. The van der Waals surface area contributed by atoms with Crippen LogP contribution in [0.5, 0.6) is 0 Å². The highest BCUT2D eigenvalue weighted by atomic mass is 35.5. The minimum atomic E-state index is 0. The maximum Gasteiger partial charge on any atom is 0.0469 e. The molecule has 1 N–H and O–H groups in total. The van der Waals surface area contributed by atoms with Crippen LogP contribution in [0.2, 0.25) is 0 Å². The van der Waals surface area contributed by atoms with Crippen LogP contribution in [0.3, 0.4) is 0 Å².